The quantitative estimate of drug-likeness (QED) is 0.324. The predicted octanol–water partition coefficient (Wildman–Crippen LogP) is 3.68. The van der Waals surface area contributed by atoms with Crippen molar-refractivity contribution in [3.05, 3.63) is 35.9 Å². The lowest BCUT2D eigenvalue weighted by Gasteiger charge is -2.39. The average Bonchev–Trinajstić information content (AvgIpc) is 3.19. The minimum absolute atomic E-state index is 0.125. The number of esters is 3. The molecule has 0 saturated carbocycles. The number of nitrogens with zero attached hydrogens (tertiary/aromatic N) is 1. The van der Waals surface area contributed by atoms with Gasteiger partial charge < -0.3 is 14.2 Å². The third kappa shape index (κ3) is 6.79. The summed E-state index contributed by atoms with van der Waals surface area (Å²) in [5.41, 5.74) is -2.59. The van der Waals surface area contributed by atoms with E-state index in [2.05, 4.69) is 0 Å². The van der Waals surface area contributed by atoms with Gasteiger partial charge in [-0.05, 0) is 73.0 Å². The van der Waals surface area contributed by atoms with Crippen LogP contribution in [0.4, 0.5) is 0 Å². The summed E-state index contributed by atoms with van der Waals surface area (Å²) in [5, 5.41) is 0. The Morgan fingerprint density at radius 1 is 0.906 bits per heavy atom. The first-order valence-electron chi connectivity index (χ1n) is 11.3. The lowest BCUT2D eigenvalue weighted by atomic mass is 9.88. The van der Waals surface area contributed by atoms with Crippen molar-refractivity contribution in [2.45, 2.75) is 84.0 Å². The van der Waals surface area contributed by atoms with E-state index >= 15 is 0 Å². The van der Waals surface area contributed by atoms with Gasteiger partial charge in [-0.3, -0.25) is 9.69 Å². The van der Waals surface area contributed by atoms with Crippen molar-refractivity contribution in [2.24, 2.45) is 0 Å². The number of carbonyl (C=O) groups excluding carboxylic acids is 3. The second-order valence-corrected chi connectivity index (χ2v) is 9.85. The van der Waals surface area contributed by atoms with Gasteiger partial charge in [-0.2, -0.15) is 0 Å². The average molecular weight is 448 g/mol. The van der Waals surface area contributed by atoms with Crippen molar-refractivity contribution in [1.82, 2.24) is 4.90 Å². The molecule has 0 amide bonds. The van der Waals surface area contributed by atoms with Crippen LogP contribution in [0.15, 0.2) is 30.3 Å². The molecule has 0 aliphatic carbocycles. The summed E-state index contributed by atoms with van der Waals surface area (Å²) in [6.45, 7) is 11.7. The van der Waals surface area contributed by atoms with Crippen molar-refractivity contribution in [3.63, 3.8) is 0 Å². The SMILES string of the molecule is CCOC(=O)C(Cc1ccccc1)(C(=O)OC(C)(C)CC(=O)OC(C)(C)C)N1CCCC1. The highest BCUT2D eigenvalue weighted by Crippen LogP contribution is 2.32. The maximum Gasteiger partial charge on any atom is 0.339 e. The molecular formula is C25H37NO6. The van der Waals surface area contributed by atoms with Crippen molar-refractivity contribution in [1.29, 1.82) is 0 Å². The first-order valence-corrected chi connectivity index (χ1v) is 11.3. The van der Waals surface area contributed by atoms with Crippen LogP contribution in [0.1, 0.15) is 66.4 Å². The smallest absolute Gasteiger partial charge is 0.339 e. The van der Waals surface area contributed by atoms with E-state index in [1.54, 1.807) is 41.5 Å². The van der Waals surface area contributed by atoms with Crippen molar-refractivity contribution >= 4 is 17.9 Å². The van der Waals surface area contributed by atoms with Crippen molar-refractivity contribution < 1.29 is 28.6 Å². The molecule has 1 atom stereocenters. The minimum atomic E-state index is -1.61. The molecule has 1 fully saturated rings. The summed E-state index contributed by atoms with van der Waals surface area (Å²) in [6.07, 6.45) is 1.77. The fraction of sp³-hybridized carbons (Fsp3) is 0.640. The molecule has 1 aliphatic rings. The Kier molecular flexibility index (Phi) is 8.46. The van der Waals surface area contributed by atoms with Crippen LogP contribution in [-0.4, -0.2) is 59.2 Å². The minimum Gasteiger partial charge on any atom is -0.464 e. The zero-order chi connectivity index (χ0) is 24.0. The summed E-state index contributed by atoms with van der Waals surface area (Å²) < 4.78 is 16.6. The van der Waals surface area contributed by atoms with Crippen LogP contribution in [0.25, 0.3) is 0 Å². The summed E-state index contributed by atoms with van der Waals surface area (Å²) in [4.78, 5) is 41.3. The number of rotatable bonds is 9. The molecule has 0 aromatic heterocycles. The van der Waals surface area contributed by atoms with Gasteiger partial charge in [0.05, 0.1) is 13.0 Å². The van der Waals surface area contributed by atoms with Gasteiger partial charge in [0.1, 0.15) is 11.2 Å². The van der Waals surface area contributed by atoms with Gasteiger partial charge in [-0.25, -0.2) is 9.59 Å². The number of benzene rings is 1. The molecule has 1 unspecified atom stereocenters. The van der Waals surface area contributed by atoms with E-state index in [9.17, 15) is 14.4 Å². The van der Waals surface area contributed by atoms with Crippen LogP contribution >= 0.6 is 0 Å². The number of hydrogen-bond acceptors (Lipinski definition) is 7. The van der Waals surface area contributed by atoms with Crippen LogP contribution in [-0.2, 0) is 35.0 Å². The first-order chi connectivity index (χ1) is 14.9. The van der Waals surface area contributed by atoms with Crippen molar-refractivity contribution in [3.8, 4) is 0 Å². The lowest BCUT2D eigenvalue weighted by molar-refractivity contribution is -0.185. The van der Waals surface area contributed by atoms with Crippen molar-refractivity contribution in [2.75, 3.05) is 19.7 Å². The van der Waals surface area contributed by atoms with Crippen LogP contribution in [0.3, 0.4) is 0 Å². The molecule has 2 rings (SSSR count). The van der Waals surface area contributed by atoms with Crippen LogP contribution in [0, 0.1) is 0 Å². The monoisotopic (exact) mass is 447 g/mol. The molecule has 0 radical (unpaired) electrons. The normalized spacial score (nSPS) is 16.8. The molecule has 1 heterocycles. The zero-order valence-corrected chi connectivity index (χ0v) is 20.2. The first kappa shape index (κ1) is 25.8. The molecule has 0 spiro atoms. The summed E-state index contributed by atoms with van der Waals surface area (Å²) in [5.74, 6) is -1.79. The Morgan fingerprint density at radius 3 is 2.03 bits per heavy atom. The van der Waals surface area contributed by atoms with Gasteiger partial charge in [0.25, 0.3) is 0 Å². The standard InChI is InChI=1S/C25H37NO6/c1-7-30-21(28)25(26-15-11-12-16-26,17-19-13-9-8-10-14-19)22(29)32-24(5,6)18-20(27)31-23(2,3)4/h8-10,13-14H,7,11-12,15-18H2,1-6H3. The largest absolute Gasteiger partial charge is 0.464 e. The van der Waals surface area contributed by atoms with Crippen LogP contribution in [0.5, 0.6) is 0 Å². The summed E-state index contributed by atoms with van der Waals surface area (Å²) in [7, 11) is 0. The number of hydrogen-bond donors (Lipinski definition) is 0. The van der Waals surface area contributed by atoms with E-state index < -0.39 is 34.6 Å². The summed E-state index contributed by atoms with van der Waals surface area (Å²) >= 11 is 0. The fourth-order valence-corrected chi connectivity index (χ4v) is 3.93. The van der Waals surface area contributed by atoms with Gasteiger partial charge in [-0.15, -0.1) is 0 Å². The Morgan fingerprint density at radius 2 is 1.50 bits per heavy atom. The highest BCUT2D eigenvalue weighted by Gasteiger charge is 2.55. The lowest BCUT2D eigenvalue weighted by Crippen LogP contribution is -2.63. The highest BCUT2D eigenvalue weighted by atomic mass is 16.6. The molecule has 7 heteroatoms. The molecule has 1 aliphatic heterocycles. The van der Waals surface area contributed by atoms with Crippen LogP contribution in [0.2, 0.25) is 0 Å². The van der Waals surface area contributed by atoms with Gasteiger partial charge >= 0.3 is 17.9 Å². The second kappa shape index (κ2) is 10.5. The molecular weight excluding hydrogens is 410 g/mol. The van der Waals surface area contributed by atoms with Gasteiger partial charge in [0.2, 0.25) is 5.54 Å². The number of ether oxygens (including phenoxy) is 3. The second-order valence-electron chi connectivity index (χ2n) is 9.85. The van der Waals surface area contributed by atoms with E-state index in [1.165, 1.54) is 0 Å². The van der Waals surface area contributed by atoms with Gasteiger partial charge in [-0.1, -0.05) is 30.3 Å². The maximum atomic E-state index is 13.7. The topological polar surface area (TPSA) is 82.1 Å². The zero-order valence-electron chi connectivity index (χ0n) is 20.2. The van der Waals surface area contributed by atoms with Gasteiger partial charge in [0, 0.05) is 6.42 Å². The van der Waals surface area contributed by atoms with Gasteiger partial charge in [0.15, 0.2) is 0 Å². The number of likely N-dealkylation sites (tertiary alicyclic amines) is 1. The Bertz CT molecular complexity index is 792. The van der Waals surface area contributed by atoms with E-state index in [0.717, 1.165) is 18.4 Å². The molecule has 0 bridgehead atoms. The molecule has 0 N–H and O–H groups in total. The third-order valence-corrected chi connectivity index (χ3v) is 5.26. The fourth-order valence-electron chi connectivity index (χ4n) is 3.93. The Labute approximate surface area is 191 Å². The maximum absolute atomic E-state index is 13.7. The van der Waals surface area contributed by atoms with Crippen LogP contribution < -0.4 is 0 Å². The Hall–Kier alpha value is -2.41. The van der Waals surface area contributed by atoms with E-state index in [-0.39, 0.29) is 19.4 Å². The molecule has 1 aromatic carbocycles. The molecule has 7 nitrogen and oxygen atoms in total. The molecule has 1 aromatic rings. The highest BCUT2D eigenvalue weighted by molar-refractivity contribution is 6.05. The Balaban J connectivity index is 2.37. The van der Waals surface area contributed by atoms with E-state index in [1.807, 2.05) is 35.2 Å². The molecule has 178 valence electrons. The summed E-state index contributed by atoms with van der Waals surface area (Å²) in [6, 6.07) is 9.38. The molecule has 32 heavy (non-hydrogen) atoms. The third-order valence-electron chi connectivity index (χ3n) is 5.26. The van der Waals surface area contributed by atoms with E-state index in [0.29, 0.717) is 13.1 Å². The molecule has 1 saturated heterocycles. The van der Waals surface area contributed by atoms with E-state index in [4.69, 9.17) is 14.2 Å². The number of carbonyl (C=O) groups is 3. The predicted molar refractivity (Wildman–Crippen MR) is 121 cm³/mol.